The van der Waals surface area contributed by atoms with E-state index in [-0.39, 0.29) is 0 Å². The maximum atomic E-state index is 6.19. The first-order valence-corrected chi connectivity index (χ1v) is 7.31. The number of anilines is 1. The quantitative estimate of drug-likeness (QED) is 0.837. The van der Waals surface area contributed by atoms with E-state index in [0.29, 0.717) is 12.2 Å². The second kappa shape index (κ2) is 6.35. The van der Waals surface area contributed by atoms with Crippen molar-refractivity contribution in [3.63, 3.8) is 0 Å². The van der Waals surface area contributed by atoms with Crippen LogP contribution in [-0.4, -0.2) is 43.5 Å². The lowest BCUT2D eigenvalue weighted by Crippen LogP contribution is -2.39. The third-order valence-electron chi connectivity index (χ3n) is 3.97. The summed E-state index contributed by atoms with van der Waals surface area (Å²) in [7, 11) is 0. The molecule has 19 heavy (non-hydrogen) atoms. The molecule has 3 heterocycles. The molecule has 2 aliphatic rings. The number of pyridine rings is 1. The Morgan fingerprint density at radius 1 is 1.05 bits per heavy atom. The molecule has 0 aromatic carbocycles. The highest BCUT2D eigenvalue weighted by Crippen LogP contribution is 2.22. The third kappa shape index (κ3) is 3.45. The van der Waals surface area contributed by atoms with Crippen LogP contribution < -0.4 is 4.90 Å². The molecule has 0 amide bonds. The van der Waals surface area contributed by atoms with Gasteiger partial charge < -0.3 is 14.4 Å². The second-order valence-electron chi connectivity index (χ2n) is 5.32. The molecule has 3 rings (SSSR count). The van der Waals surface area contributed by atoms with Crippen LogP contribution in [0.25, 0.3) is 0 Å². The largest absolute Gasteiger partial charge is 0.381 e. The van der Waals surface area contributed by atoms with E-state index in [9.17, 15) is 0 Å². The van der Waals surface area contributed by atoms with Gasteiger partial charge in [0.15, 0.2) is 0 Å². The first-order valence-electron chi connectivity index (χ1n) is 7.31. The van der Waals surface area contributed by atoms with Crippen molar-refractivity contribution in [2.75, 3.05) is 31.2 Å². The Morgan fingerprint density at radius 2 is 1.79 bits per heavy atom. The molecule has 2 fully saturated rings. The Balaban J connectivity index is 1.46. The van der Waals surface area contributed by atoms with E-state index < -0.39 is 0 Å². The van der Waals surface area contributed by atoms with Crippen molar-refractivity contribution in [3.8, 4) is 0 Å². The van der Waals surface area contributed by atoms with Crippen molar-refractivity contribution >= 4 is 5.82 Å². The van der Waals surface area contributed by atoms with Crippen LogP contribution in [0.5, 0.6) is 0 Å². The highest BCUT2D eigenvalue weighted by Gasteiger charge is 2.24. The van der Waals surface area contributed by atoms with E-state index in [0.717, 1.165) is 57.8 Å². The molecule has 0 unspecified atom stereocenters. The zero-order chi connectivity index (χ0) is 12.9. The van der Waals surface area contributed by atoms with Crippen LogP contribution in [0.15, 0.2) is 24.4 Å². The van der Waals surface area contributed by atoms with Gasteiger partial charge in [-0.1, -0.05) is 6.07 Å². The van der Waals surface area contributed by atoms with Crippen LogP contribution >= 0.6 is 0 Å². The molecule has 2 saturated heterocycles. The van der Waals surface area contributed by atoms with Gasteiger partial charge in [0.25, 0.3) is 0 Å². The Bertz CT molecular complexity index is 371. The third-order valence-corrected chi connectivity index (χ3v) is 3.97. The minimum atomic E-state index is 0.417. The summed E-state index contributed by atoms with van der Waals surface area (Å²) in [6.07, 6.45) is 7.02. The zero-order valence-electron chi connectivity index (χ0n) is 11.3. The lowest BCUT2D eigenvalue weighted by Gasteiger charge is -2.35. The molecule has 0 aliphatic carbocycles. The number of nitrogens with zero attached hydrogens (tertiary/aromatic N) is 2. The summed E-state index contributed by atoms with van der Waals surface area (Å²) in [4.78, 5) is 6.76. The van der Waals surface area contributed by atoms with Crippen molar-refractivity contribution in [2.24, 2.45) is 0 Å². The maximum absolute atomic E-state index is 6.19. The molecule has 4 heteroatoms. The normalized spacial score (nSPS) is 22.6. The molecule has 1 aromatic rings. The summed E-state index contributed by atoms with van der Waals surface area (Å²) < 4.78 is 11.6. The van der Waals surface area contributed by atoms with Crippen LogP contribution in [0.1, 0.15) is 25.7 Å². The number of ether oxygens (including phenoxy) is 2. The van der Waals surface area contributed by atoms with Crippen molar-refractivity contribution in [1.29, 1.82) is 0 Å². The van der Waals surface area contributed by atoms with Gasteiger partial charge in [-0.2, -0.15) is 0 Å². The molecular weight excluding hydrogens is 240 g/mol. The first-order chi connectivity index (χ1) is 9.42. The predicted octanol–water partition coefficient (Wildman–Crippen LogP) is 2.25. The molecule has 0 bridgehead atoms. The average molecular weight is 262 g/mol. The molecule has 0 saturated carbocycles. The topological polar surface area (TPSA) is 34.6 Å². The molecule has 0 radical (unpaired) electrons. The van der Waals surface area contributed by atoms with Gasteiger partial charge in [0.2, 0.25) is 0 Å². The van der Waals surface area contributed by atoms with Gasteiger partial charge in [-0.05, 0) is 37.8 Å². The van der Waals surface area contributed by atoms with Gasteiger partial charge in [-0.3, -0.25) is 0 Å². The van der Waals surface area contributed by atoms with Gasteiger partial charge in [-0.25, -0.2) is 4.98 Å². The van der Waals surface area contributed by atoms with Crippen molar-refractivity contribution < 1.29 is 9.47 Å². The molecule has 2 aliphatic heterocycles. The van der Waals surface area contributed by atoms with Gasteiger partial charge in [0, 0.05) is 32.5 Å². The predicted molar refractivity (Wildman–Crippen MR) is 74.4 cm³/mol. The fraction of sp³-hybridized carbons (Fsp3) is 0.667. The van der Waals surface area contributed by atoms with Crippen molar-refractivity contribution in [1.82, 2.24) is 4.98 Å². The summed E-state index contributed by atoms with van der Waals surface area (Å²) in [5.74, 6) is 1.09. The van der Waals surface area contributed by atoms with E-state index in [2.05, 4.69) is 16.0 Å². The van der Waals surface area contributed by atoms with E-state index >= 15 is 0 Å². The average Bonchev–Trinajstić information content (AvgIpc) is 2.50. The summed E-state index contributed by atoms with van der Waals surface area (Å²) in [6.45, 7) is 3.81. The molecular formula is C15H22N2O2. The molecule has 0 atom stereocenters. The van der Waals surface area contributed by atoms with Gasteiger partial charge in [-0.15, -0.1) is 0 Å². The Labute approximate surface area is 114 Å². The monoisotopic (exact) mass is 262 g/mol. The van der Waals surface area contributed by atoms with Crippen molar-refractivity contribution in [3.05, 3.63) is 24.4 Å². The van der Waals surface area contributed by atoms with Gasteiger partial charge in [0.05, 0.1) is 12.2 Å². The molecule has 1 aromatic heterocycles. The number of piperidine rings is 1. The summed E-state index contributed by atoms with van der Waals surface area (Å²) in [6, 6.07) is 6.09. The number of rotatable bonds is 3. The summed E-state index contributed by atoms with van der Waals surface area (Å²) in [5.41, 5.74) is 0. The SMILES string of the molecule is c1ccc(N2CCC(OC3CCOCC3)CC2)nc1. The van der Waals surface area contributed by atoms with Gasteiger partial charge >= 0.3 is 0 Å². The molecule has 4 nitrogen and oxygen atoms in total. The molecule has 0 spiro atoms. The van der Waals surface area contributed by atoms with Crippen molar-refractivity contribution in [2.45, 2.75) is 37.9 Å². The summed E-state index contributed by atoms with van der Waals surface area (Å²) in [5, 5.41) is 0. The maximum Gasteiger partial charge on any atom is 0.128 e. The fourth-order valence-corrected chi connectivity index (χ4v) is 2.85. The fourth-order valence-electron chi connectivity index (χ4n) is 2.85. The minimum Gasteiger partial charge on any atom is -0.381 e. The Hall–Kier alpha value is -1.13. The second-order valence-corrected chi connectivity index (χ2v) is 5.32. The summed E-state index contributed by atoms with van der Waals surface area (Å²) >= 11 is 0. The van der Waals surface area contributed by atoms with E-state index in [4.69, 9.17) is 9.47 Å². The van der Waals surface area contributed by atoms with Gasteiger partial charge in [0.1, 0.15) is 5.82 Å². The lowest BCUT2D eigenvalue weighted by atomic mass is 10.1. The number of hydrogen-bond donors (Lipinski definition) is 0. The van der Waals surface area contributed by atoms with Crippen LogP contribution in [-0.2, 0) is 9.47 Å². The van der Waals surface area contributed by atoms with Crippen LogP contribution in [0.2, 0.25) is 0 Å². The number of hydrogen-bond acceptors (Lipinski definition) is 4. The standard InChI is InChI=1S/C15H22N2O2/c1-2-8-16-15(3-1)17-9-4-13(5-10-17)19-14-6-11-18-12-7-14/h1-3,8,13-14H,4-7,9-12H2. The zero-order valence-corrected chi connectivity index (χ0v) is 11.3. The van der Waals surface area contributed by atoms with E-state index in [1.54, 1.807) is 0 Å². The highest BCUT2D eigenvalue weighted by molar-refractivity contribution is 5.38. The highest BCUT2D eigenvalue weighted by atomic mass is 16.5. The van der Waals surface area contributed by atoms with Crippen LogP contribution in [0, 0.1) is 0 Å². The minimum absolute atomic E-state index is 0.417. The van der Waals surface area contributed by atoms with E-state index in [1.165, 1.54) is 0 Å². The van der Waals surface area contributed by atoms with E-state index in [1.807, 2.05) is 18.3 Å². The molecule has 0 N–H and O–H groups in total. The van der Waals surface area contributed by atoms with Crippen LogP contribution in [0.4, 0.5) is 5.82 Å². The van der Waals surface area contributed by atoms with Crippen LogP contribution in [0.3, 0.4) is 0 Å². The lowest BCUT2D eigenvalue weighted by molar-refractivity contribution is -0.0743. The smallest absolute Gasteiger partial charge is 0.128 e. The Kier molecular flexibility index (Phi) is 4.30. The first kappa shape index (κ1) is 12.9. The molecule has 104 valence electrons. The number of aromatic nitrogens is 1. The Morgan fingerprint density at radius 3 is 2.47 bits per heavy atom.